The SMILES string of the molecule is CCCNC(C)(C#N)CCCCOC1CCCC(CC)C1. The summed E-state index contributed by atoms with van der Waals surface area (Å²) in [4.78, 5) is 0. The lowest BCUT2D eigenvalue weighted by Gasteiger charge is -2.28. The Hall–Kier alpha value is -0.590. The van der Waals surface area contributed by atoms with Gasteiger partial charge in [-0.1, -0.05) is 33.1 Å². The van der Waals surface area contributed by atoms with Crippen LogP contribution in [0.4, 0.5) is 0 Å². The van der Waals surface area contributed by atoms with Crippen LogP contribution in [0.5, 0.6) is 0 Å². The third-order valence-corrected chi connectivity index (χ3v) is 4.75. The minimum Gasteiger partial charge on any atom is -0.378 e. The Morgan fingerprint density at radius 3 is 2.76 bits per heavy atom. The number of hydrogen-bond acceptors (Lipinski definition) is 3. The van der Waals surface area contributed by atoms with E-state index in [1.165, 1.54) is 32.1 Å². The van der Waals surface area contributed by atoms with E-state index in [4.69, 9.17) is 4.74 Å². The molecule has 0 spiro atoms. The number of ether oxygens (including phenoxy) is 1. The first-order chi connectivity index (χ1) is 10.1. The number of hydrogen-bond donors (Lipinski definition) is 1. The number of unbranched alkanes of at least 4 members (excludes halogenated alkanes) is 1. The summed E-state index contributed by atoms with van der Waals surface area (Å²) in [6.07, 6.45) is 11.1. The maximum absolute atomic E-state index is 9.28. The Balaban J connectivity index is 2.12. The largest absolute Gasteiger partial charge is 0.378 e. The molecule has 0 aromatic heterocycles. The van der Waals surface area contributed by atoms with E-state index < -0.39 is 0 Å². The number of nitriles is 1. The van der Waals surface area contributed by atoms with Crippen molar-refractivity contribution in [3.63, 3.8) is 0 Å². The van der Waals surface area contributed by atoms with Gasteiger partial charge in [-0.15, -0.1) is 0 Å². The van der Waals surface area contributed by atoms with E-state index in [1.807, 2.05) is 6.92 Å². The Kier molecular flexibility index (Phi) is 8.96. The van der Waals surface area contributed by atoms with Gasteiger partial charge in [-0.25, -0.2) is 0 Å². The van der Waals surface area contributed by atoms with Crippen LogP contribution < -0.4 is 5.32 Å². The van der Waals surface area contributed by atoms with E-state index in [0.717, 1.165) is 44.8 Å². The van der Waals surface area contributed by atoms with E-state index in [2.05, 4.69) is 25.2 Å². The highest BCUT2D eigenvalue weighted by molar-refractivity contribution is 5.03. The third kappa shape index (κ3) is 7.29. The molecule has 1 rings (SSSR count). The average Bonchev–Trinajstić information content (AvgIpc) is 2.53. The minimum absolute atomic E-state index is 0.367. The molecule has 122 valence electrons. The summed E-state index contributed by atoms with van der Waals surface area (Å²) in [7, 11) is 0. The van der Waals surface area contributed by atoms with Gasteiger partial charge in [0.15, 0.2) is 0 Å². The van der Waals surface area contributed by atoms with Crippen molar-refractivity contribution in [3.8, 4) is 6.07 Å². The molecule has 0 aromatic carbocycles. The summed E-state index contributed by atoms with van der Waals surface area (Å²) < 4.78 is 6.04. The van der Waals surface area contributed by atoms with Gasteiger partial charge in [0.05, 0.1) is 12.2 Å². The quantitative estimate of drug-likeness (QED) is 0.606. The summed E-state index contributed by atoms with van der Waals surface area (Å²) in [6.45, 7) is 8.21. The molecule has 0 saturated heterocycles. The fourth-order valence-corrected chi connectivity index (χ4v) is 3.18. The first-order valence-corrected chi connectivity index (χ1v) is 8.91. The molecular weight excluding hydrogens is 260 g/mol. The molecule has 0 aliphatic heterocycles. The fourth-order valence-electron chi connectivity index (χ4n) is 3.18. The van der Waals surface area contributed by atoms with Gasteiger partial charge in [-0.05, 0) is 57.9 Å². The van der Waals surface area contributed by atoms with E-state index in [-0.39, 0.29) is 5.54 Å². The second-order valence-electron chi connectivity index (χ2n) is 6.76. The highest BCUT2D eigenvalue weighted by Gasteiger charge is 2.23. The molecule has 3 nitrogen and oxygen atoms in total. The van der Waals surface area contributed by atoms with E-state index >= 15 is 0 Å². The van der Waals surface area contributed by atoms with Crippen LogP contribution in [0.1, 0.15) is 78.6 Å². The van der Waals surface area contributed by atoms with Crippen LogP contribution in [0.15, 0.2) is 0 Å². The topological polar surface area (TPSA) is 45.0 Å². The van der Waals surface area contributed by atoms with Crippen LogP contribution in [0, 0.1) is 17.2 Å². The first-order valence-electron chi connectivity index (χ1n) is 8.91. The highest BCUT2D eigenvalue weighted by atomic mass is 16.5. The Labute approximate surface area is 131 Å². The van der Waals surface area contributed by atoms with Crippen molar-refractivity contribution in [3.05, 3.63) is 0 Å². The van der Waals surface area contributed by atoms with Gasteiger partial charge in [0.2, 0.25) is 0 Å². The fraction of sp³-hybridized carbons (Fsp3) is 0.944. The normalized spacial score (nSPS) is 25.2. The van der Waals surface area contributed by atoms with Crippen molar-refractivity contribution in [2.75, 3.05) is 13.2 Å². The molecule has 0 radical (unpaired) electrons. The molecule has 1 fully saturated rings. The molecule has 1 aliphatic carbocycles. The van der Waals surface area contributed by atoms with Gasteiger partial charge in [-0.3, -0.25) is 5.32 Å². The highest BCUT2D eigenvalue weighted by Crippen LogP contribution is 2.28. The van der Waals surface area contributed by atoms with Crippen LogP contribution in [-0.2, 0) is 4.74 Å². The lowest BCUT2D eigenvalue weighted by atomic mass is 9.85. The van der Waals surface area contributed by atoms with Gasteiger partial charge in [0.1, 0.15) is 5.54 Å². The lowest BCUT2D eigenvalue weighted by molar-refractivity contribution is 0.0103. The van der Waals surface area contributed by atoms with Gasteiger partial charge in [0.25, 0.3) is 0 Å². The summed E-state index contributed by atoms with van der Waals surface area (Å²) >= 11 is 0. The Morgan fingerprint density at radius 2 is 2.10 bits per heavy atom. The molecule has 0 aromatic rings. The molecule has 1 N–H and O–H groups in total. The second-order valence-corrected chi connectivity index (χ2v) is 6.76. The van der Waals surface area contributed by atoms with E-state index in [9.17, 15) is 5.26 Å². The zero-order chi connectivity index (χ0) is 15.6. The molecular formula is C18H34N2O. The molecule has 3 atom stereocenters. The van der Waals surface area contributed by atoms with Crippen LogP contribution >= 0.6 is 0 Å². The molecule has 0 bridgehead atoms. The predicted octanol–water partition coefficient (Wildman–Crippen LogP) is 4.42. The third-order valence-electron chi connectivity index (χ3n) is 4.75. The van der Waals surface area contributed by atoms with Gasteiger partial charge in [0, 0.05) is 6.61 Å². The molecule has 0 amide bonds. The first kappa shape index (κ1) is 18.5. The van der Waals surface area contributed by atoms with Crippen molar-refractivity contribution in [1.82, 2.24) is 5.32 Å². The van der Waals surface area contributed by atoms with Crippen LogP contribution in [0.2, 0.25) is 0 Å². The van der Waals surface area contributed by atoms with Gasteiger partial charge in [-0.2, -0.15) is 5.26 Å². The maximum atomic E-state index is 9.28. The zero-order valence-electron chi connectivity index (χ0n) is 14.3. The number of rotatable bonds is 10. The van der Waals surface area contributed by atoms with Crippen LogP contribution in [-0.4, -0.2) is 24.8 Å². The number of nitrogens with zero attached hydrogens (tertiary/aromatic N) is 1. The summed E-state index contributed by atoms with van der Waals surface area (Å²) in [5, 5.41) is 12.6. The summed E-state index contributed by atoms with van der Waals surface area (Å²) in [6, 6.07) is 2.42. The van der Waals surface area contributed by atoms with Crippen molar-refractivity contribution in [2.45, 2.75) is 90.2 Å². The van der Waals surface area contributed by atoms with Gasteiger partial charge >= 0.3 is 0 Å². The molecule has 3 heteroatoms. The molecule has 1 saturated carbocycles. The summed E-state index contributed by atoms with van der Waals surface area (Å²) in [5.41, 5.74) is -0.367. The number of nitrogens with one attached hydrogen (secondary N) is 1. The smallest absolute Gasteiger partial charge is 0.103 e. The minimum atomic E-state index is -0.367. The van der Waals surface area contributed by atoms with Crippen molar-refractivity contribution < 1.29 is 4.74 Å². The average molecular weight is 294 g/mol. The van der Waals surface area contributed by atoms with Crippen molar-refractivity contribution in [2.24, 2.45) is 5.92 Å². The van der Waals surface area contributed by atoms with E-state index in [1.54, 1.807) is 0 Å². The van der Waals surface area contributed by atoms with Crippen LogP contribution in [0.25, 0.3) is 0 Å². The summed E-state index contributed by atoms with van der Waals surface area (Å²) in [5.74, 6) is 0.879. The molecule has 0 heterocycles. The van der Waals surface area contributed by atoms with Gasteiger partial charge < -0.3 is 4.74 Å². The molecule has 3 unspecified atom stereocenters. The standard InChI is InChI=1S/C18H34N2O/c1-4-12-20-18(3,15-19)11-6-7-13-21-17-10-8-9-16(5-2)14-17/h16-17,20H,4-14H2,1-3H3. The Bertz CT molecular complexity index is 313. The van der Waals surface area contributed by atoms with Crippen molar-refractivity contribution >= 4 is 0 Å². The van der Waals surface area contributed by atoms with Crippen molar-refractivity contribution in [1.29, 1.82) is 5.26 Å². The lowest BCUT2D eigenvalue weighted by Crippen LogP contribution is -2.41. The molecule has 21 heavy (non-hydrogen) atoms. The second kappa shape index (κ2) is 10.2. The van der Waals surface area contributed by atoms with E-state index in [0.29, 0.717) is 6.10 Å². The van der Waals surface area contributed by atoms with Crippen LogP contribution in [0.3, 0.4) is 0 Å². The zero-order valence-corrected chi connectivity index (χ0v) is 14.3. The Morgan fingerprint density at radius 1 is 1.29 bits per heavy atom. The molecule has 1 aliphatic rings. The monoisotopic (exact) mass is 294 g/mol. The predicted molar refractivity (Wildman–Crippen MR) is 88.2 cm³/mol. The maximum Gasteiger partial charge on any atom is 0.103 e.